The van der Waals surface area contributed by atoms with Gasteiger partial charge >= 0.3 is 5.97 Å². The molecule has 1 aromatic carbocycles. The van der Waals surface area contributed by atoms with E-state index in [2.05, 4.69) is 0 Å². The van der Waals surface area contributed by atoms with Crippen LogP contribution in [-0.2, 0) is 4.74 Å². The van der Waals surface area contributed by atoms with Crippen LogP contribution in [-0.4, -0.2) is 18.7 Å². The highest BCUT2D eigenvalue weighted by Crippen LogP contribution is 2.25. The summed E-state index contributed by atoms with van der Waals surface area (Å²) in [6, 6.07) is 5.08. The molecule has 2 N–H and O–H groups in total. The minimum absolute atomic E-state index is 0.164. The Morgan fingerprint density at radius 2 is 2.12 bits per heavy atom. The molecule has 4 nitrogen and oxygen atoms in total. The van der Waals surface area contributed by atoms with Gasteiger partial charge in [-0.25, -0.2) is 4.79 Å². The molecule has 0 unspecified atom stereocenters. The van der Waals surface area contributed by atoms with E-state index in [4.69, 9.17) is 15.2 Å². The average Bonchev–Trinajstić information content (AvgIpc) is 2.20. The summed E-state index contributed by atoms with van der Waals surface area (Å²) < 4.78 is 10.4. The third-order valence-corrected chi connectivity index (χ3v) is 1.93. The first-order valence-corrected chi connectivity index (χ1v) is 5.28. The Hall–Kier alpha value is -1.71. The van der Waals surface area contributed by atoms with Gasteiger partial charge < -0.3 is 15.2 Å². The minimum Gasteiger partial charge on any atom is -0.492 e. The van der Waals surface area contributed by atoms with Gasteiger partial charge in [0.2, 0.25) is 0 Å². The Bertz CT molecular complexity index is 375. The summed E-state index contributed by atoms with van der Waals surface area (Å²) in [7, 11) is 0. The quantitative estimate of drug-likeness (QED) is 0.628. The molecule has 0 amide bonds. The number of benzene rings is 1. The molecular weight excluding hydrogens is 206 g/mol. The maximum Gasteiger partial charge on any atom is 0.340 e. The van der Waals surface area contributed by atoms with Crippen molar-refractivity contribution in [2.75, 3.05) is 12.3 Å². The molecule has 0 radical (unpaired) electrons. The predicted molar refractivity (Wildman–Crippen MR) is 62.6 cm³/mol. The zero-order valence-electron chi connectivity index (χ0n) is 9.82. The molecule has 0 aliphatic heterocycles. The van der Waals surface area contributed by atoms with Gasteiger partial charge in [0.15, 0.2) is 0 Å². The molecular formula is C12H17NO3. The molecule has 1 rings (SSSR count). The summed E-state index contributed by atoms with van der Waals surface area (Å²) in [5, 5.41) is 0. The summed E-state index contributed by atoms with van der Waals surface area (Å²) in [4.78, 5) is 11.7. The fraction of sp³-hybridized carbons (Fsp3) is 0.417. The smallest absolute Gasteiger partial charge is 0.340 e. The maximum absolute atomic E-state index is 11.7. The first kappa shape index (κ1) is 12.4. The Morgan fingerprint density at radius 3 is 2.69 bits per heavy atom. The van der Waals surface area contributed by atoms with Crippen LogP contribution < -0.4 is 10.5 Å². The number of hydrogen-bond donors (Lipinski definition) is 1. The molecule has 16 heavy (non-hydrogen) atoms. The molecule has 4 heteroatoms. The van der Waals surface area contributed by atoms with Gasteiger partial charge in [-0.15, -0.1) is 0 Å². The fourth-order valence-corrected chi connectivity index (χ4v) is 1.28. The fourth-order valence-electron chi connectivity index (χ4n) is 1.28. The Labute approximate surface area is 95.3 Å². The van der Waals surface area contributed by atoms with Gasteiger partial charge in [-0.3, -0.25) is 0 Å². The van der Waals surface area contributed by atoms with Gasteiger partial charge in [0, 0.05) is 0 Å². The summed E-state index contributed by atoms with van der Waals surface area (Å²) in [5.74, 6) is 0.0924. The second kappa shape index (κ2) is 5.39. The zero-order valence-corrected chi connectivity index (χ0v) is 9.82. The molecule has 1 aromatic rings. The molecule has 88 valence electrons. The summed E-state index contributed by atoms with van der Waals surface area (Å²) in [6.45, 7) is 5.95. The monoisotopic (exact) mass is 223 g/mol. The lowest BCUT2D eigenvalue weighted by atomic mass is 10.1. The Balaban J connectivity index is 2.96. The molecule has 0 heterocycles. The third-order valence-electron chi connectivity index (χ3n) is 1.93. The second-order valence-corrected chi connectivity index (χ2v) is 3.60. The predicted octanol–water partition coefficient (Wildman–Crippen LogP) is 2.23. The molecule has 0 bridgehead atoms. The van der Waals surface area contributed by atoms with Gasteiger partial charge in [-0.05, 0) is 32.9 Å². The van der Waals surface area contributed by atoms with Crippen LogP contribution in [0.1, 0.15) is 31.1 Å². The van der Waals surface area contributed by atoms with Crippen molar-refractivity contribution in [3.05, 3.63) is 23.8 Å². The van der Waals surface area contributed by atoms with Crippen molar-refractivity contribution in [1.82, 2.24) is 0 Å². The van der Waals surface area contributed by atoms with Crippen molar-refractivity contribution in [1.29, 1.82) is 0 Å². The molecule has 0 fully saturated rings. The van der Waals surface area contributed by atoms with Crippen LogP contribution in [0, 0.1) is 0 Å². The van der Waals surface area contributed by atoms with Crippen molar-refractivity contribution in [3.8, 4) is 5.75 Å². The topological polar surface area (TPSA) is 61.5 Å². The maximum atomic E-state index is 11.7. The van der Waals surface area contributed by atoms with Crippen molar-refractivity contribution < 1.29 is 14.3 Å². The van der Waals surface area contributed by atoms with E-state index < -0.39 is 5.97 Å². The highest BCUT2D eigenvalue weighted by molar-refractivity contribution is 5.96. The number of nitrogens with two attached hydrogens (primary N) is 1. The molecule has 0 spiro atoms. The number of carbonyl (C=O) groups excluding carboxylic acids is 1. The van der Waals surface area contributed by atoms with Gasteiger partial charge in [-0.2, -0.15) is 0 Å². The van der Waals surface area contributed by atoms with Crippen LogP contribution in [0.4, 0.5) is 5.69 Å². The highest BCUT2D eigenvalue weighted by atomic mass is 16.5. The summed E-state index contributed by atoms with van der Waals surface area (Å²) in [6.07, 6.45) is -0.164. The van der Waals surface area contributed by atoms with Crippen molar-refractivity contribution >= 4 is 11.7 Å². The first-order valence-electron chi connectivity index (χ1n) is 5.28. The van der Waals surface area contributed by atoms with Crippen molar-refractivity contribution in [2.45, 2.75) is 26.9 Å². The van der Waals surface area contributed by atoms with Gasteiger partial charge in [0.05, 0.1) is 24.0 Å². The minimum atomic E-state index is -0.422. The van der Waals surface area contributed by atoms with Gasteiger partial charge in [0.25, 0.3) is 0 Å². The van der Waals surface area contributed by atoms with Crippen LogP contribution in [0.15, 0.2) is 18.2 Å². The summed E-state index contributed by atoms with van der Waals surface area (Å²) in [5.41, 5.74) is 6.50. The number of esters is 1. The van der Waals surface area contributed by atoms with E-state index in [0.717, 1.165) is 0 Å². The third kappa shape index (κ3) is 2.89. The van der Waals surface area contributed by atoms with E-state index in [1.807, 2.05) is 6.92 Å². The second-order valence-electron chi connectivity index (χ2n) is 3.60. The number of para-hydroxylation sites is 1. The largest absolute Gasteiger partial charge is 0.492 e. The highest BCUT2D eigenvalue weighted by Gasteiger charge is 2.15. The lowest BCUT2D eigenvalue weighted by Gasteiger charge is -2.12. The van der Waals surface area contributed by atoms with E-state index in [-0.39, 0.29) is 6.10 Å². The Kier molecular flexibility index (Phi) is 4.17. The molecule has 0 aromatic heterocycles. The zero-order chi connectivity index (χ0) is 12.1. The van der Waals surface area contributed by atoms with Crippen molar-refractivity contribution in [3.63, 3.8) is 0 Å². The van der Waals surface area contributed by atoms with Crippen LogP contribution in [0.5, 0.6) is 5.75 Å². The van der Waals surface area contributed by atoms with E-state index >= 15 is 0 Å². The van der Waals surface area contributed by atoms with Crippen LogP contribution in [0.3, 0.4) is 0 Å². The number of anilines is 1. The molecule has 0 saturated heterocycles. The average molecular weight is 223 g/mol. The SMILES string of the molecule is CCOc1cccc(C(=O)OC(C)C)c1N. The van der Waals surface area contributed by atoms with Crippen LogP contribution >= 0.6 is 0 Å². The molecule has 0 atom stereocenters. The van der Waals surface area contributed by atoms with Gasteiger partial charge in [-0.1, -0.05) is 6.07 Å². The molecule has 0 aliphatic carbocycles. The van der Waals surface area contributed by atoms with Gasteiger partial charge in [0.1, 0.15) is 5.75 Å². The number of nitrogen functional groups attached to an aromatic ring is 1. The van der Waals surface area contributed by atoms with Crippen molar-refractivity contribution in [2.24, 2.45) is 0 Å². The lowest BCUT2D eigenvalue weighted by molar-refractivity contribution is 0.0379. The van der Waals surface area contributed by atoms with E-state index in [1.54, 1.807) is 32.0 Å². The molecule has 0 aliphatic rings. The van der Waals surface area contributed by atoms with E-state index in [9.17, 15) is 4.79 Å². The van der Waals surface area contributed by atoms with Crippen LogP contribution in [0.2, 0.25) is 0 Å². The molecule has 0 saturated carbocycles. The normalized spacial score (nSPS) is 10.2. The number of hydrogen-bond acceptors (Lipinski definition) is 4. The standard InChI is InChI=1S/C12H17NO3/c1-4-15-10-7-5-6-9(11(10)13)12(14)16-8(2)3/h5-8H,4,13H2,1-3H3. The lowest BCUT2D eigenvalue weighted by Crippen LogP contribution is -2.14. The number of rotatable bonds is 4. The Morgan fingerprint density at radius 1 is 1.44 bits per heavy atom. The number of carbonyl (C=O) groups is 1. The number of ether oxygens (including phenoxy) is 2. The first-order chi connectivity index (χ1) is 7.56. The summed E-state index contributed by atoms with van der Waals surface area (Å²) >= 11 is 0. The van der Waals surface area contributed by atoms with E-state index in [1.165, 1.54) is 0 Å². The van der Waals surface area contributed by atoms with E-state index in [0.29, 0.717) is 23.6 Å². The van der Waals surface area contributed by atoms with Crippen LogP contribution in [0.25, 0.3) is 0 Å².